The highest BCUT2D eigenvalue weighted by atomic mass is 32.2. The lowest BCUT2D eigenvalue weighted by Crippen LogP contribution is -2.30. The number of hydrogen-bond acceptors (Lipinski definition) is 18. The normalized spacial score (nSPS) is 16.6. The number of ketones is 1. The second-order valence-corrected chi connectivity index (χ2v) is 36.2. The van der Waals surface area contributed by atoms with Crippen LogP contribution in [0, 0.1) is 0 Å². The fourth-order valence-corrected chi connectivity index (χ4v) is 18.5. The Bertz CT molecular complexity index is 6290. The quantitative estimate of drug-likeness (QED) is 0.0413. The lowest BCUT2D eigenvalue weighted by molar-refractivity contribution is -0.274. The van der Waals surface area contributed by atoms with E-state index in [1.807, 2.05) is 176 Å². The second kappa shape index (κ2) is 38.9. The molecule has 4 amide bonds. The number of aromatic nitrogens is 4. The van der Waals surface area contributed by atoms with Crippen molar-refractivity contribution >= 4 is 67.9 Å². The Morgan fingerprint density at radius 2 is 1.05 bits per heavy atom. The van der Waals surface area contributed by atoms with Crippen LogP contribution < -0.4 is 44.4 Å². The van der Waals surface area contributed by atoms with Crippen molar-refractivity contribution in [2.45, 2.75) is 134 Å². The number of halogens is 3. The molecule has 5 fully saturated rings. The Morgan fingerprint density at radius 1 is 0.538 bits per heavy atom. The molecule has 4 aromatic heterocycles. The number of nitrogens with one attached hydrogen (secondary N) is 4. The van der Waals surface area contributed by atoms with Crippen LogP contribution in [-0.2, 0) is 79.6 Å². The summed E-state index contributed by atoms with van der Waals surface area (Å²) < 4.78 is 109. The molecular weight excluding hydrogens is 1700 g/mol. The highest BCUT2D eigenvalue weighted by Crippen LogP contribution is 2.54. The summed E-state index contributed by atoms with van der Waals surface area (Å²) in [5.41, 5.74) is 10.5. The number of anilines is 3. The van der Waals surface area contributed by atoms with Gasteiger partial charge in [-0.3, -0.25) is 29.0 Å². The number of methoxy groups -OCH3 is 1. The number of benzene rings is 8. The monoisotopic (exact) mass is 1810 g/mol. The summed E-state index contributed by atoms with van der Waals surface area (Å²) in [4.78, 5) is 85.2. The van der Waals surface area contributed by atoms with Crippen LogP contribution in [0.1, 0.15) is 127 Å². The number of ether oxygens (including phenoxy) is 6. The third-order valence-electron chi connectivity index (χ3n) is 24.4. The van der Waals surface area contributed by atoms with Gasteiger partial charge in [0.1, 0.15) is 51.5 Å². The summed E-state index contributed by atoms with van der Waals surface area (Å²) in [6.45, 7) is 4.02. The van der Waals surface area contributed by atoms with Gasteiger partial charge in [0, 0.05) is 90.3 Å². The summed E-state index contributed by atoms with van der Waals surface area (Å²) in [7, 11) is 1.73. The number of sulfonamides is 1. The zero-order chi connectivity index (χ0) is 90.2. The van der Waals surface area contributed by atoms with Gasteiger partial charge >= 0.3 is 6.36 Å². The van der Waals surface area contributed by atoms with Gasteiger partial charge in [0.05, 0.1) is 56.6 Å². The van der Waals surface area contributed by atoms with Gasteiger partial charge in [0.15, 0.2) is 18.3 Å². The van der Waals surface area contributed by atoms with Gasteiger partial charge in [-0.1, -0.05) is 128 Å². The summed E-state index contributed by atoms with van der Waals surface area (Å²) in [6.07, 6.45) is 8.39. The zero-order valence-corrected chi connectivity index (χ0v) is 73.7. The molecule has 7 heterocycles. The number of amides is 4. The fourth-order valence-electron chi connectivity index (χ4n) is 16.3. The van der Waals surface area contributed by atoms with Crippen molar-refractivity contribution < 1.29 is 89.4 Å². The summed E-state index contributed by atoms with van der Waals surface area (Å²) >= 11 is 0. The molecule has 3 aliphatic heterocycles. The molecule has 130 heavy (non-hydrogen) atoms. The molecule has 0 bridgehead atoms. The van der Waals surface area contributed by atoms with E-state index in [0.29, 0.717) is 71.1 Å². The van der Waals surface area contributed by atoms with E-state index in [1.54, 1.807) is 74.9 Å². The maximum atomic E-state index is 13.4. The standard InChI is InChI=1S/C29H31N3O4S.C26H24N2O4.C23H20F3N3O4S.C22H20N2O2.H2O.4H2/c1-2-23-5-4-16-32(23)37(34)24-11-8-20(9-12-24)25-6-3-7-27(30-25)31-28(33)29(14-15-29)22-10-13-26-21(17-22)18-35-19-36-26;1-28(2)25(30)18-5-3-4-17(12-18)19-6-8-21(27-15-19)14-24(29)26(10-11-26)20-7-9-22-23(13-20)32-16-31-22;1-27-34(31,32)18-11-5-15(6-12-18)19-3-2-4-20(28-19)29-21(30)22(13-14-22)16-7-9-17(10-8-16)33-23(24,25)26;1-26-19-10-8-18(9-11-19)22(13-14-22)21(25)24-20-12-7-17(15-23-20)16-5-3-2-4-6-16;;;;;/h3,6-13,17,23H,2,4-5,14-16,18-19H2,1H3,(H,30,31,33);3-9,12-13,15H,10-11,14,16H2,1-2H3;2-12,27H,13-14H2,1H3,(H,28,29,30);2-12,15H,13-14H2,1H3,(H,23,24,25);1H2;4*1H/t23-,37?;;;;;;;;/m0......../s1. The average molecular weight is 1810 g/mol. The predicted molar refractivity (Wildman–Crippen MR) is 495 cm³/mol. The van der Waals surface area contributed by atoms with E-state index in [-0.39, 0.29) is 71.2 Å². The summed E-state index contributed by atoms with van der Waals surface area (Å²) in [5.74, 6) is 3.89. The minimum Gasteiger partial charge on any atom is -0.497 e. The number of nitrogens with zero attached hydrogens (tertiary/aromatic N) is 6. The first-order valence-corrected chi connectivity index (χ1v) is 45.1. The van der Waals surface area contributed by atoms with Crippen LogP contribution in [0.2, 0.25) is 0 Å². The molecule has 8 aromatic carbocycles. The molecule has 4 saturated carbocycles. The Hall–Kier alpha value is -13.4. The largest absolute Gasteiger partial charge is 0.573 e. The Labute approximate surface area is 759 Å². The van der Waals surface area contributed by atoms with E-state index in [0.717, 1.165) is 148 Å². The maximum Gasteiger partial charge on any atom is 0.573 e. The molecule has 0 radical (unpaired) electrons. The first-order chi connectivity index (χ1) is 62.3. The van der Waals surface area contributed by atoms with Crippen molar-refractivity contribution in [3.8, 4) is 73.5 Å². The van der Waals surface area contributed by atoms with Gasteiger partial charge in [0.25, 0.3) is 5.91 Å². The Morgan fingerprint density at radius 3 is 1.61 bits per heavy atom. The van der Waals surface area contributed by atoms with Crippen LogP contribution in [0.3, 0.4) is 0 Å². The van der Waals surface area contributed by atoms with Crippen molar-refractivity contribution in [3.05, 3.63) is 300 Å². The molecular formula is C100H105F3N10O15S2. The second-order valence-electron chi connectivity index (χ2n) is 32.9. The van der Waals surface area contributed by atoms with Crippen LogP contribution in [0.25, 0.3) is 44.8 Å². The summed E-state index contributed by atoms with van der Waals surface area (Å²) in [6, 6.07) is 75.0. The van der Waals surface area contributed by atoms with Crippen LogP contribution >= 0.6 is 0 Å². The third kappa shape index (κ3) is 20.7. The minimum absolute atomic E-state index is 0. The van der Waals surface area contributed by atoms with Crippen molar-refractivity contribution in [1.82, 2.24) is 33.9 Å². The predicted octanol–water partition coefficient (Wildman–Crippen LogP) is 18.0. The molecule has 12 aromatic rings. The molecule has 25 nitrogen and oxygen atoms in total. The van der Waals surface area contributed by atoms with Crippen molar-refractivity contribution in [1.29, 1.82) is 0 Å². The molecule has 30 heteroatoms. The number of carbonyl (C=O) groups excluding carboxylic acids is 5. The van der Waals surface area contributed by atoms with Gasteiger partial charge in [0.2, 0.25) is 34.5 Å². The molecule has 1 saturated heterocycles. The van der Waals surface area contributed by atoms with Gasteiger partial charge in [-0.15, -0.1) is 13.2 Å². The van der Waals surface area contributed by atoms with E-state index in [9.17, 15) is 49.8 Å². The van der Waals surface area contributed by atoms with Crippen LogP contribution in [0.4, 0.5) is 30.6 Å². The average Bonchev–Trinajstić information content (AvgIpc) is 1.62. The first kappa shape index (κ1) is 91.4. The van der Waals surface area contributed by atoms with Gasteiger partial charge < -0.3 is 54.7 Å². The Kier molecular flexibility index (Phi) is 27.4. The lowest BCUT2D eigenvalue weighted by atomic mass is 9.88. The van der Waals surface area contributed by atoms with Gasteiger partial charge in [-0.25, -0.2) is 36.6 Å². The van der Waals surface area contributed by atoms with E-state index < -0.39 is 49.0 Å². The first-order valence-electron chi connectivity index (χ1n) is 42.6. The minimum atomic E-state index is -4.78. The number of fused-ring (bicyclic) bond motifs is 2. The topological polar surface area (TPSA) is 330 Å². The van der Waals surface area contributed by atoms with Gasteiger partial charge in [-0.05, 0) is 238 Å². The summed E-state index contributed by atoms with van der Waals surface area (Å²) in [5, 5.41) is 8.80. The fraction of sp³-hybridized carbons (Fsp3) is 0.270. The molecule has 1 unspecified atom stereocenters. The molecule has 7 aliphatic rings. The van der Waals surface area contributed by atoms with Crippen molar-refractivity contribution in [2.75, 3.05) is 64.3 Å². The van der Waals surface area contributed by atoms with E-state index in [1.165, 1.54) is 43.4 Å². The van der Waals surface area contributed by atoms with Crippen molar-refractivity contribution in [2.24, 2.45) is 0 Å². The SMILES string of the molecule is CC[C@H]1CCCN1S(=O)c1ccc(-c2cccc(NC(=O)C3(c4ccc5c(c4)COCO5)CC3)n2)cc1.CN(C)C(=O)c1cccc(-c2ccc(CC(=O)C3(c4ccc5c(c4)OCO5)CC3)nc2)c1.CNS(=O)(=O)c1ccc(-c2cccc(NC(=O)C3(c4ccc(OC(F)(F)F)cc4)CC3)n2)cc1.COc1ccc(C2(C(=O)Nc3ccc(-c4ccccc4)cn3)CC2)cc1.O.[HH].[HH].[HH].[HH]. The molecule has 19 rings (SSSR count). The van der Waals surface area contributed by atoms with E-state index in [2.05, 4.69) is 51.6 Å². The highest BCUT2D eigenvalue weighted by molar-refractivity contribution is 7.89. The molecule has 6 N–H and O–H groups in total. The zero-order valence-electron chi connectivity index (χ0n) is 72.1. The van der Waals surface area contributed by atoms with Gasteiger partial charge in [-0.2, -0.15) is 0 Å². The number of hydrogen-bond donors (Lipinski definition) is 4. The maximum absolute atomic E-state index is 13.4. The molecule has 4 aliphatic carbocycles. The highest BCUT2D eigenvalue weighted by Gasteiger charge is 2.55. The number of alkyl halides is 3. The van der Waals surface area contributed by atoms with E-state index in [4.69, 9.17) is 28.7 Å². The number of Topliss-reactive ketones (excluding diaryl/α,β-unsaturated/α-hetero) is 1. The molecule has 678 valence electrons. The molecule has 0 spiro atoms. The van der Waals surface area contributed by atoms with E-state index >= 15 is 0 Å². The van der Waals surface area contributed by atoms with Crippen LogP contribution in [-0.4, -0.2) is 137 Å². The van der Waals surface area contributed by atoms with Crippen molar-refractivity contribution in [3.63, 3.8) is 0 Å². The number of carbonyl (C=O) groups is 5. The Balaban J connectivity index is 0.000000171. The van der Waals surface area contributed by atoms with Crippen LogP contribution in [0.5, 0.6) is 28.7 Å². The molecule has 2 atom stereocenters. The number of pyridine rings is 4. The number of rotatable bonds is 25. The van der Waals surface area contributed by atoms with Crippen LogP contribution in [0.15, 0.2) is 271 Å². The third-order valence-corrected chi connectivity index (χ3v) is 27.4. The smallest absolute Gasteiger partial charge is 0.497 e. The lowest BCUT2D eigenvalue weighted by Gasteiger charge is -2.22.